The van der Waals surface area contributed by atoms with Gasteiger partial charge in [0.25, 0.3) is 0 Å². The number of benzene rings is 1. The van der Waals surface area contributed by atoms with Gasteiger partial charge < -0.3 is 0 Å². The largest absolute Gasteiger partial charge is 0.314 e. The van der Waals surface area contributed by atoms with Crippen molar-refractivity contribution in [3.63, 3.8) is 0 Å². The topological polar surface area (TPSA) is 55.0 Å². The van der Waals surface area contributed by atoms with Crippen LogP contribution in [0.15, 0.2) is 41.2 Å². The van der Waals surface area contributed by atoms with Crippen LogP contribution < -0.4 is 15.4 Å². The lowest BCUT2D eigenvalue weighted by Gasteiger charge is -2.07. The lowest BCUT2D eigenvalue weighted by atomic mass is 10.2. The van der Waals surface area contributed by atoms with Gasteiger partial charge >= 0.3 is 11.5 Å². The highest BCUT2D eigenvalue weighted by Crippen LogP contribution is 2.16. The molecule has 2 aromatic rings. The molecule has 1 aliphatic rings. The van der Waals surface area contributed by atoms with E-state index in [2.05, 4.69) is 5.32 Å². The summed E-state index contributed by atoms with van der Waals surface area (Å²) in [7, 11) is 1.71. The molecule has 90 valence electrons. The Morgan fingerprint density at radius 2 is 1.94 bits per heavy atom. The van der Waals surface area contributed by atoms with Crippen LogP contribution in [0.25, 0.3) is 11.4 Å². The van der Waals surface area contributed by atoms with Crippen LogP contribution in [0.2, 0.25) is 0 Å². The fourth-order valence-electron chi connectivity index (χ4n) is 2.22. The number of anilines is 1. The van der Waals surface area contributed by atoms with Crippen LogP contribution in [-0.2, 0) is 18.4 Å². The molecular weight excluding hydrogens is 230 g/mol. The normalized spacial score (nSPS) is 13.3. The van der Waals surface area contributed by atoms with Gasteiger partial charge in [0, 0.05) is 5.56 Å². The van der Waals surface area contributed by atoms with Gasteiger partial charge in [-0.1, -0.05) is 18.2 Å². The molecule has 1 aromatic carbocycles. The molecule has 3 rings (SSSR count). The van der Waals surface area contributed by atoms with Gasteiger partial charge in [-0.3, -0.25) is 9.59 Å². The molecule has 0 radical (unpaired) electrons. The van der Waals surface area contributed by atoms with Gasteiger partial charge in [0.2, 0.25) is 11.6 Å². The lowest BCUT2D eigenvalue weighted by Crippen LogP contribution is -2.41. The molecule has 1 N–H and O–H groups in total. The molecule has 0 unspecified atom stereocenters. The van der Waals surface area contributed by atoms with E-state index in [1.807, 2.05) is 34.9 Å². The van der Waals surface area contributed by atoms with E-state index in [1.165, 1.54) is 6.07 Å². The molecule has 0 saturated heterocycles. The van der Waals surface area contributed by atoms with E-state index in [0.717, 1.165) is 11.4 Å². The zero-order valence-electron chi connectivity index (χ0n) is 9.88. The number of amides is 1. The molecule has 0 spiro atoms. The molecule has 0 aliphatic carbocycles. The summed E-state index contributed by atoms with van der Waals surface area (Å²) in [6, 6.07) is 11.0. The molecule has 0 saturated carbocycles. The Morgan fingerprint density at radius 1 is 1.22 bits per heavy atom. The van der Waals surface area contributed by atoms with E-state index in [4.69, 9.17) is 0 Å². The number of hydrogen-bond acceptors (Lipinski definition) is 2. The van der Waals surface area contributed by atoms with Crippen molar-refractivity contribution in [1.82, 2.24) is 4.57 Å². The number of nitrogens with one attached hydrogen (secondary N) is 1. The summed E-state index contributed by atoms with van der Waals surface area (Å²) in [6.07, 6.45) is 0. The zero-order valence-corrected chi connectivity index (χ0v) is 9.88. The highest BCUT2D eigenvalue weighted by Gasteiger charge is 2.29. The van der Waals surface area contributed by atoms with Crippen LogP contribution in [0.1, 0.15) is 0 Å². The van der Waals surface area contributed by atoms with Crippen molar-refractivity contribution in [2.45, 2.75) is 6.54 Å². The Hall–Kier alpha value is -2.43. The molecule has 2 heterocycles. The third-order valence-electron chi connectivity index (χ3n) is 3.06. The molecule has 1 amide bonds. The van der Waals surface area contributed by atoms with E-state index in [-0.39, 0.29) is 18.0 Å². The number of carbonyl (C=O) groups excluding carboxylic acids is 1. The second-order valence-corrected chi connectivity index (χ2v) is 4.25. The van der Waals surface area contributed by atoms with Gasteiger partial charge in [-0.2, -0.15) is 0 Å². The van der Waals surface area contributed by atoms with Crippen LogP contribution in [-0.4, -0.2) is 10.5 Å². The van der Waals surface area contributed by atoms with Gasteiger partial charge in [0.1, 0.15) is 0 Å². The number of aromatic nitrogens is 2. The number of nitrogens with zero attached hydrogens (tertiary/aromatic N) is 2. The van der Waals surface area contributed by atoms with Crippen LogP contribution >= 0.6 is 0 Å². The Labute approximate surface area is 103 Å². The SMILES string of the molecule is Cn1c(-c2ccccc2)[n+]2c(cc1=O)NC(=O)C2. The first kappa shape index (κ1) is 10.7. The minimum Gasteiger partial charge on any atom is -0.253 e. The first-order valence-corrected chi connectivity index (χ1v) is 5.66. The number of rotatable bonds is 1. The predicted molar refractivity (Wildman–Crippen MR) is 65.9 cm³/mol. The van der Waals surface area contributed by atoms with Crippen LogP contribution in [0, 0.1) is 0 Å². The molecule has 1 aliphatic heterocycles. The highest BCUT2D eigenvalue weighted by molar-refractivity contribution is 5.90. The summed E-state index contributed by atoms with van der Waals surface area (Å²) in [6.45, 7) is 0.244. The average Bonchev–Trinajstić information content (AvgIpc) is 2.71. The van der Waals surface area contributed by atoms with Crippen molar-refractivity contribution in [2.75, 3.05) is 5.32 Å². The molecule has 0 fully saturated rings. The molecule has 18 heavy (non-hydrogen) atoms. The maximum Gasteiger partial charge on any atom is 0.314 e. The monoisotopic (exact) mass is 242 g/mol. The number of hydrogen-bond donors (Lipinski definition) is 1. The molecule has 1 aromatic heterocycles. The van der Waals surface area contributed by atoms with Crippen molar-refractivity contribution in [3.05, 3.63) is 46.8 Å². The Bertz CT molecular complexity index is 689. The van der Waals surface area contributed by atoms with E-state index in [0.29, 0.717) is 5.82 Å². The molecule has 0 bridgehead atoms. The van der Waals surface area contributed by atoms with Crippen molar-refractivity contribution in [1.29, 1.82) is 0 Å². The van der Waals surface area contributed by atoms with Crippen molar-refractivity contribution >= 4 is 11.7 Å². The minimum atomic E-state index is -0.137. The Morgan fingerprint density at radius 3 is 2.67 bits per heavy atom. The second kappa shape index (κ2) is 3.80. The molecule has 5 heteroatoms. The van der Waals surface area contributed by atoms with Gasteiger partial charge in [0.15, 0.2) is 6.54 Å². The third-order valence-corrected chi connectivity index (χ3v) is 3.06. The van der Waals surface area contributed by atoms with E-state index in [1.54, 1.807) is 11.6 Å². The fraction of sp³-hybridized carbons (Fsp3) is 0.154. The van der Waals surface area contributed by atoms with Gasteiger partial charge in [-0.25, -0.2) is 14.5 Å². The minimum absolute atomic E-state index is 0.0993. The maximum atomic E-state index is 11.9. The van der Waals surface area contributed by atoms with E-state index in [9.17, 15) is 9.59 Å². The second-order valence-electron chi connectivity index (χ2n) is 4.25. The summed E-state index contributed by atoms with van der Waals surface area (Å²) in [5.41, 5.74) is 0.776. The van der Waals surface area contributed by atoms with Crippen LogP contribution in [0.3, 0.4) is 0 Å². The number of carbonyl (C=O) groups is 1. The third kappa shape index (κ3) is 1.52. The zero-order chi connectivity index (χ0) is 12.7. The molecule has 5 nitrogen and oxygen atoms in total. The summed E-state index contributed by atoms with van der Waals surface area (Å²) >= 11 is 0. The first-order valence-electron chi connectivity index (χ1n) is 5.66. The number of fused-ring (bicyclic) bond motifs is 1. The molecule has 0 atom stereocenters. The van der Waals surface area contributed by atoms with Crippen LogP contribution in [0.5, 0.6) is 0 Å². The summed E-state index contributed by atoms with van der Waals surface area (Å²) in [5, 5.41) is 2.69. The Kier molecular flexibility index (Phi) is 2.26. The highest BCUT2D eigenvalue weighted by atomic mass is 16.2. The predicted octanol–water partition coefficient (Wildman–Crippen LogP) is 0.292. The first-order chi connectivity index (χ1) is 8.66. The van der Waals surface area contributed by atoms with Gasteiger partial charge in [0.05, 0.1) is 13.1 Å². The van der Waals surface area contributed by atoms with E-state index < -0.39 is 0 Å². The van der Waals surface area contributed by atoms with Crippen LogP contribution in [0.4, 0.5) is 5.82 Å². The standard InChI is InChI=1S/C13H11N3O2/c1-15-12(18)7-10-14-11(17)8-16(10)13(15)9-5-3-2-4-6-9/h2-7H,8H2,1H3/p+1. The van der Waals surface area contributed by atoms with Crippen molar-refractivity contribution < 1.29 is 9.36 Å². The summed E-state index contributed by atoms with van der Waals surface area (Å²) < 4.78 is 3.37. The van der Waals surface area contributed by atoms with Crippen molar-refractivity contribution in [2.24, 2.45) is 7.05 Å². The summed E-state index contributed by atoms with van der Waals surface area (Å²) in [5.74, 6) is 1.19. The summed E-state index contributed by atoms with van der Waals surface area (Å²) in [4.78, 5) is 23.3. The van der Waals surface area contributed by atoms with Gasteiger partial charge in [-0.05, 0) is 12.1 Å². The quantitative estimate of drug-likeness (QED) is 0.731. The Balaban J connectivity index is 2.33. The lowest BCUT2D eigenvalue weighted by molar-refractivity contribution is -0.656. The molecular formula is C13H12N3O2+. The van der Waals surface area contributed by atoms with Gasteiger partial charge in [-0.15, -0.1) is 0 Å². The smallest absolute Gasteiger partial charge is 0.253 e. The van der Waals surface area contributed by atoms with E-state index >= 15 is 0 Å². The maximum absolute atomic E-state index is 11.9. The van der Waals surface area contributed by atoms with Crippen molar-refractivity contribution in [3.8, 4) is 11.4 Å². The average molecular weight is 242 g/mol. The fourth-order valence-corrected chi connectivity index (χ4v) is 2.22.